The predicted octanol–water partition coefficient (Wildman–Crippen LogP) is 2.67. The summed E-state index contributed by atoms with van der Waals surface area (Å²) < 4.78 is 2.04. The Bertz CT molecular complexity index is 296. The lowest BCUT2D eigenvalue weighted by atomic mass is 10.1. The Kier molecular flexibility index (Phi) is 3.41. The van der Waals surface area contributed by atoms with Crippen LogP contribution in [0.2, 0.25) is 0 Å². The maximum atomic E-state index is 4.40. The lowest BCUT2D eigenvalue weighted by molar-refractivity contribution is 0.520. The van der Waals surface area contributed by atoms with Crippen LogP contribution in [0.15, 0.2) is 12.4 Å². The molecule has 1 aliphatic rings. The van der Waals surface area contributed by atoms with Gasteiger partial charge in [-0.3, -0.25) is 4.68 Å². The number of nitrogens with zero attached hydrogens (tertiary/aromatic N) is 2. The van der Waals surface area contributed by atoms with Gasteiger partial charge in [0.15, 0.2) is 0 Å². The van der Waals surface area contributed by atoms with Crippen LogP contribution in [-0.2, 0) is 0 Å². The van der Waals surface area contributed by atoms with E-state index in [1.165, 1.54) is 31.2 Å². The lowest BCUT2D eigenvalue weighted by Crippen LogP contribution is -2.19. The van der Waals surface area contributed by atoms with E-state index >= 15 is 0 Å². The maximum absolute atomic E-state index is 4.40. The summed E-state index contributed by atoms with van der Waals surface area (Å²) in [5.41, 5.74) is 1.35. The maximum Gasteiger partial charge on any atom is 0.0537 e. The largest absolute Gasteiger partial charge is 0.310 e. The Morgan fingerprint density at radius 3 is 3.00 bits per heavy atom. The van der Waals surface area contributed by atoms with Crippen LogP contribution in [0.25, 0.3) is 0 Å². The molecule has 1 aromatic rings. The zero-order chi connectivity index (χ0) is 10.7. The number of hydrogen-bond donors (Lipinski definition) is 1. The molecule has 2 heterocycles. The van der Waals surface area contributed by atoms with Crippen LogP contribution in [0.3, 0.4) is 0 Å². The summed E-state index contributed by atoms with van der Waals surface area (Å²) >= 11 is 0. The summed E-state index contributed by atoms with van der Waals surface area (Å²) in [5, 5.41) is 7.99. The summed E-state index contributed by atoms with van der Waals surface area (Å²) in [6.45, 7) is 5.48. The summed E-state index contributed by atoms with van der Waals surface area (Å²) in [5.74, 6) is 0. The van der Waals surface area contributed by atoms with E-state index in [0.29, 0.717) is 12.1 Å². The molecule has 1 fully saturated rings. The van der Waals surface area contributed by atoms with Crippen molar-refractivity contribution in [1.29, 1.82) is 0 Å². The van der Waals surface area contributed by atoms with Crippen molar-refractivity contribution in [3.63, 3.8) is 0 Å². The van der Waals surface area contributed by atoms with Gasteiger partial charge in [-0.1, -0.05) is 12.8 Å². The molecule has 1 aliphatic heterocycles. The van der Waals surface area contributed by atoms with Crippen molar-refractivity contribution in [3.8, 4) is 0 Å². The van der Waals surface area contributed by atoms with Crippen molar-refractivity contribution in [2.24, 2.45) is 0 Å². The van der Waals surface area contributed by atoms with Gasteiger partial charge in [-0.25, -0.2) is 0 Å². The van der Waals surface area contributed by atoms with Gasteiger partial charge >= 0.3 is 0 Å². The summed E-state index contributed by atoms with van der Waals surface area (Å²) in [7, 11) is 0. The molecule has 0 amide bonds. The molecule has 1 N–H and O–H groups in total. The highest BCUT2D eigenvalue weighted by Gasteiger charge is 2.15. The molecule has 1 atom stereocenters. The first-order chi connectivity index (χ1) is 7.27. The highest BCUT2D eigenvalue weighted by atomic mass is 15.3. The molecule has 0 saturated carbocycles. The minimum atomic E-state index is 0.463. The number of aromatic nitrogens is 2. The van der Waals surface area contributed by atoms with E-state index in [-0.39, 0.29) is 0 Å². The van der Waals surface area contributed by atoms with Gasteiger partial charge in [0.2, 0.25) is 0 Å². The number of rotatable bonds is 2. The molecule has 84 valence electrons. The second-order valence-corrected chi connectivity index (χ2v) is 4.70. The summed E-state index contributed by atoms with van der Waals surface area (Å²) in [6, 6.07) is 0.990. The topological polar surface area (TPSA) is 29.9 Å². The predicted molar refractivity (Wildman–Crippen MR) is 61.8 cm³/mol. The quantitative estimate of drug-likeness (QED) is 0.808. The summed E-state index contributed by atoms with van der Waals surface area (Å²) in [4.78, 5) is 0. The fourth-order valence-electron chi connectivity index (χ4n) is 2.13. The van der Waals surface area contributed by atoms with Crippen molar-refractivity contribution in [3.05, 3.63) is 18.0 Å². The molecule has 0 bridgehead atoms. The van der Waals surface area contributed by atoms with Crippen molar-refractivity contribution in [2.75, 3.05) is 6.54 Å². The third-order valence-corrected chi connectivity index (χ3v) is 3.11. The zero-order valence-corrected chi connectivity index (χ0v) is 9.74. The third-order valence-electron chi connectivity index (χ3n) is 3.11. The zero-order valence-electron chi connectivity index (χ0n) is 9.74. The molecule has 2 rings (SSSR count). The van der Waals surface area contributed by atoms with Crippen LogP contribution in [0.5, 0.6) is 0 Å². The second kappa shape index (κ2) is 4.79. The number of nitrogens with one attached hydrogen (secondary N) is 1. The number of hydrogen-bond acceptors (Lipinski definition) is 2. The Labute approximate surface area is 91.9 Å². The fourth-order valence-corrected chi connectivity index (χ4v) is 2.13. The Morgan fingerprint density at radius 1 is 1.40 bits per heavy atom. The molecule has 0 aromatic carbocycles. The van der Waals surface area contributed by atoms with Crippen LogP contribution in [0, 0.1) is 0 Å². The van der Waals surface area contributed by atoms with Crippen LogP contribution in [0.4, 0.5) is 0 Å². The average Bonchev–Trinajstić information content (AvgIpc) is 2.55. The van der Waals surface area contributed by atoms with Crippen molar-refractivity contribution in [2.45, 2.75) is 51.6 Å². The molecule has 0 radical (unpaired) electrons. The van der Waals surface area contributed by atoms with E-state index in [9.17, 15) is 0 Å². The van der Waals surface area contributed by atoms with Gasteiger partial charge in [0, 0.05) is 23.8 Å². The Hall–Kier alpha value is -0.830. The van der Waals surface area contributed by atoms with E-state index in [2.05, 4.69) is 30.5 Å². The van der Waals surface area contributed by atoms with Crippen LogP contribution >= 0.6 is 0 Å². The molecule has 1 aromatic heterocycles. The normalized spacial score (nSPS) is 23.0. The van der Waals surface area contributed by atoms with Gasteiger partial charge in [0.05, 0.1) is 6.20 Å². The Morgan fingerprint density at radius 2 is 2.27 bits per heavy atom. The van der Waals surface area contributed by atoms with E-state index < -0.39 is 0 Å². The van der Waals surface area contributed by atoms with Gasteiger partial charge in [-0.2, -0.15) is 5.10 Å². The molecular formula is C12H21N3. The molecule has 15 heavy (non-hydrogen) atoms. The average molecular weight is 207 g/mol. The van der Waals surface area contributed by atoms with Gasteiger partial charge in [-0.05, 0) is 33.2 Å². The first-order valence-corrected chi connectivity index (χ1v) is 6.05. The highest BCUT2D eigenvalue weighted by molar-refractivity contribution is 5.11. The molecule has 3 nitrogen and oxygen atoms in total. The van der Waals surface area contributed by atoms with Crippen LogP contribution in [-0.4, -0.2) is 16.3 Å². The molecule has 3 heteroatoms. The minimum absolute atomic E-state index is 0.463. The first-order valence-electron chi connectivity index (χ1n) is 6.05. The molecule has 1 saturated heterocycles. The standard InChI is InChI=1S/C12H21N3/c1-10(2)15-9-11(8-14-15)12-6-4-3-5-7-13-12/h8-10,12-13H,3-7H2,1-2H3/t12-/m0/s1. The van der Waals surface area contributed by atoms with Crippen LogP contribution in [0.1, 0.15) is 57.2 Å². The van der Waals surface area contributed by atoms with Crippen molar-refractivity contribution in [1.82, 2.24) is 15.1 Å². The lowest BCUT2D eigenvalue weighted by Gasteiger charge is -2.13. The fraction of sp³-hybridized carbons (Fsp3) is 0.750. The van der Waals surface area contributed by atoms with E-state index in [4.69, 9.17) is 0 Å². The Balaban J connectivity index is 2.06. The van der Waals surface area contributed by atoms with Gasteiger partial charge < -0.3 is 5.32 Å². The van der Waals surface area contributed by atoms with Gasteiger partial charge in [-0.15, -0.1) is 0 Å². The monoisotopic (exact) mass is 207 g/mol. The van der Waals surface area contributed by atoms with E-state index in [1.54, 1.807) is 0 Å². The molecule has 0 unspecified atom stereocenters. The minimum Gasteiger partial charge on any atom is -0.310 e. The molecular weight excluding hydrogens is 186 g/mol. The van der Waals surface area contributed by atoms with E-state index in [1.807, 2.05) is 10.9 Å². The smallest absolute Gasteiger partial charge is 0.0537 e. The van der Waals surface area contributed by atoms with E-state index in [0.717, 1.165) is 6.54 Å². The first kappa shape index (κ1) is 10.7. The summed E-state index contributed by atoms with van der Waals surface area (Å²) in [6.07, 6.45) is 9.47. The van der Waals surface area contributed by atoms with Gasteiger partial charge in [0.25, 0.3) is 0 Å². The molecule has 0 spiro atoms. The SMILES string of the molecule is CC(C)n1cc([C@@H]2CCCCCN2)cn1. The van der Waals surface area contributed by atoms with Crippen molar-refractivity contribution < 1.29 is 0 Å². The van der Waals surface area contributed by atoms with Gasteiger partial charge in [0.1, 0.15) is 0 Å². The third kappa shape index (κ3) is 2.59. The highest BCUT2D eigenvalue weighted by Crippen LogP contribution is 2.22. The molecule has 0 aliphatic carbocycles. The van der Waals surface area contributed by atoms with Crippen molar-refractivity contribution >= 4 is 0 Å². The van der Waals surface area contributed by atoms with Crippen LogP contribution < -0.4 is 5.32 Å². The second-order valence-electron chi connectivity index (χ2n) is 4.70.